The molecular formula is C10H20N2O4. The van der Waals surface area contributed by atoms with Crippen LogP contribution in [0.15, 0.2) is 0 Å². The van der Waals surface area contributed by atoms with Crippen LogP contribution in [0.25, 0.3) is 0 Å². The van der Waals surface area contributed by atoms with Gasteiger partial charge in [0.2, 0.25) is 0 Å². The van der Waals surface area contributed by atoms with Crippen LogP contribution in [0, 0.1) is 5.92 Å². The van der Waals surface area contributed by atoms with Gasteiger partial charge in [-0.3, -0.25) is 0 Å². The highest BCUT2D eigenvalue weighted by Gasteiger charge is 2.21. The number of aliphatic carboxylic acids is 1. The zero-order valence-electron chi connectivity index (χ0n) is 9.93. The maximum absolute atomic E-state index is 11.5. The van der Waals surface area contributed by atoms with Crippen LogP contribution in [-0.2, 0) is 4.79 Å². The van der Waals surface area contributed by atoms with Crippen molar-refractivity contribution in [2.24, 2.45) is 5.92 Å². The van der Waals surface area contributed by atoms with E-state index in [1.807, 2.05) is 13.8 Å². The summed E-state index contributed by atoms with van der Waals surface area (Å²) in [5, 5.41) is 19.6. The Hall–Kier alpha value is -1.30. The molecule has 0 aliphatic carbocycles. The van der Waals surface area contributed by atoms with Crippen LogP contribution in [0.5, 0.6) is 0 Å². The van der Waals surface area contributed by atoms with E-state index >= 15 is 0 Å². The molecule has 2 atom stereocenters. The Kier molecular flexibility index (Phi) is 6.48. The molecule has 2 amide bonds. The first-order chi connectivity index (χ1) is 7.42. The number of hydrogen-bond acceptors (Lipinski definition) is 3. The number of nitrogens with one attached hydrogen (secondary N) is 1. The first kappa shape index (κ1) is 14.7. The summed E-state index contributed by atoms with van der Waals surface area (Å²) in [5.41, 5.74) is 0. The lowest BCUT2D eigenvalue weighted by Gasteiger charge is -2.22. The van der Waals surface area contributed by atoms with Crippen LogP contribution in [0.4, 0.5) is 4.79 Å². The first-order valence-electron chi connectivity index (χ1n) is 5.27. The number of amides is 2. The smallest absolute Gasteiger partial charge is 0.328 e. The summed E-state index contributed by atoms with van der Waals surface area (Å²) in [6.45, 7) is 3.97. The molecule has 0 aliphatic heterocycles. The van der Waals surface area contributed by atoms with Gasteiger partial charge in [-0.2, -0.15) is 0 Å². The van der Waals surface area contributed by atoms with Gasteiger partial charge in [0.15, 0.2) is 6.04 Å². The summed E-state index contributed by atoms with van der Waals surface area (Å²) < 4.78 is 0. The van der Waals surface area contributed by atoms with Crippen LogP contribution < -0.4 is 5.32 Å². The predicted molar refractivity (Wildman–Crippen MR) is 59.1 cm³/mol. The van der Waals surface area contributed by atoms with Gasteiger partial charge < -0.3 is 20.4 Å². The summed E-state index contributed by atoms with van der Waals surface area (Å²) in [6, 6.07) is -1.73. The average molecular weight is 232 g/mol. The van der Waals surface area contributed by atoms with Gasteiger partial charge in [-0.1, -0.05) is 20.3 Å². The summed E-state index contributed by atoms with van der Waals surface area (Å²) >= 11 is 0. The minimum absolute atomic E-state index is 0.355. The summed E-state index contributed by atoms with van der Waals surface area (Å²) in [7, 11) is 1.60. The molecule has 0 rings (SSSR count). The molecular weight excluding hydrogens is 212 g/mol. The Morgan fingerprint density at radius 3 is 2.38 bits per heavy atom. The molecule has 0 saturated carbocycles. The number of carbonyl (C=O) groups is 2. The topological polar surface area (TPSA) is 89.9 Å². The molecule has 94 valence electrons. The van der Waals surface area contributed by atoms with Crippen molar-refractivity contribution >= 4 is 12.0 Å². The van der Waals surface area contributed by atoms with E-state index in [0.717, 1.165) is 6.42 Å². The Morgan fingerprint density at radius 2 is 2.00 bits per heavy atom. The Bertz CT molecular complexity index is 245. The number of carboxylic acid groups (broad SMARTS) is 1. The number of nitrogens with zero attached hydrogens (tertiary/aromatic N) is 1. The SMILES string of the molecule is CCC(C)CN(C)C(=O)NC(CO)C(=O)O. The molecule has 6 heteroatoms. The number of aliphatic hydroxyl groups excluding tert-OH is 1. The van der Waals surface area contributed by atoms with Gasteiger partial charge in [0.1, 0.15) is 0 Å². The normalized spacial score (nSPS) is 14.0. The number of carbonyl (C=O) groups excluding carboxylic acids is 1. The van der Waals surface area contributed by atoms with Gasteiger partial charge in [-0.15, -0.1) is 0 Å². The van der Waals surface area contributed by atoms with E-state index in [2.05, 4.69) is 5.32 Å². The molecule has 2 unspecified atom stereocenters. The highest BCUT2D eigenvalue weighted by molar-refractivity contribution is 5.82. The van der Waals surface area contributed by atoms with Crippen LogP contribution in [0.1, 0.15) is 20.3 Å². The second-order valence-electron chi connectivity index (χ2n) is 3.92. The maximum Gasteiger partial charge on any atom is 0.328 e. The second-order valence-corrected chi connectivity index (χ2v) is 3.92. The molecule has 6 nitrogen and oxygen atoms in total. The minimum atomic E-state index is -1.24. The van der Waals surface area contributed by atoms with Gasteiger partial charge >= 0.3 is 12.0 Å². The lowest BCUT2D eigenvalue weighted by Crippen LogP contribution is -2.49. The molecule has 3 N–H and O–H groups in total. The van der Waals surface area contributed by atoms with Crippen molar-refractivity contribution in [3.8, 4) is 0 Å². The molecule has 0 spiro atoms. The maximum atomic E-state index is 11.5. The average Bonchev–Trinajstić information content (AvgIpc) is 2.24. The number of rotatable bonds is 6. The fourth-order valence-corrected chi connectivity index (χ4v) is 1.12. The van der Waals surface area contributed by atoms with Crippen LogP contribution >= 0.6 is 0 Å². The third-order valence-electron chi connectivity index (χ3n) is 2.41. The molecule has 0 saturated heterocycles. The fraction of sp³-hybridized carbons (Fsp3) is 0.800. The molecule has 0 aromatic rings. The van der Waals surface area contributed by atoms with Gasteiger partial charge in [-0.25, -0.2) is 9.59 Å². The Labute approximate surface area is 95.2 Å². The lowest BCUT2D eigenvalue weighted by atomic mass is 10.1. The van der Waals surface area contributed by atoms with Crippen LogP contribution in [0.3, 0.4) is 0 Å². The second kappa shape index (κ2) is 7.05. The van der Waals surface area contributed by atoms with Crippen molar-refractivity contribution in [2.45, 2.75) is 26.3 Å². The van der Waals surface area contributed by atoms with Crippen molar-refractivity contribution in [1.82, 2.24) is 10.2 Å². The van der Waals surface area contributed by atoms with Crippen molar-refractivity contribution < 1.29 is 19.8 Å². The molecule has 0 aromatic heterocycles. The number of urea groups is 1. The van der Waals surface area contributed by atoms with Crippen molar-refractivity contribution in [3.63, 3.8) is 0 Å². The molecule has 0 radical (unpaired) electrons. The standard InChI is InChI=1S/C10H20N2O4/c1-4-7(2)5-12(3)10(16)11-8(6-13)9(14)15/h7-8,13H,4-6H2,1-3H3,(H,11,16)(H,14,15). The van der Waals surface area contributed by atoms with Crippen molar-refractivity contribution in [3.05, 3.63) is 0 Å². The molecule has 0 aliphatic rings. The van der Waals surface area contributed by atoms with E-state index in [9.17, 15) is 9.59 Å². The highest BCUT2D eigenvalue weighted by Crippen LogP contribution is 2.02. The minimum Gasteiger partial charge on any atom is -0.480 e. The van der Waals surface area contributed by atoms with E-state index < -0.39 is 24.6 Å². The van der Waals surface area contributed by atoms with E-state index in [1.54, 1.807) is 7.05 Å². The molecule has 0 heterocycles. The first-order valence-corrected chi connectivity index (χ1v) is 5.27. The monoisotopic (exact) mass is 232 g/mol. The number of aliphatic hydroxyl groups is 1. The van der Waals surface area contributed by atoms with Crippen molar-refractivity contribution in [2.75, 3.05) is 20.2 Å². The summed E-state index contributed by atoms with van der Waals surface area (Å²) in [5.74, 6) is -0.888. The lowest BCUT2D eigenvalue weighted by molar-refractivity contribution is -0.140. The largest absolute Gasteiger partial charge is 0.480 e. The molecule has 0 bridgehead atoms. The number of hydrogen-bond donors (Lipinski definition) is 3. The van der Waals surface area contributed by atoms with Gasteiger partial charge in [-0.05, 0) is 5.92 Å². The van der Waals surface area contributed by atoms with E-state index in [0.29, 0.717) is 12.5 Å². The third-order valence-corrected chi connectivity index (χ3v) is 2.41. The third kappa shape index (κ3) is 4.97. The molecule has 0 aromatic carbocycles. The van der Waals surface area contributed by atoms with Gasteiger partial charge in [0.05, 0.1) is 6.61 Å². The van der Waals surface area contributed by atoms with Gasteiger partial charge in [0, 0.05) is 13.6 Å². The summed E-state index contributed by atoms with van der Waals surface area (Å²) in [6.07, 6.45) is 0.944. The van der Waals surface area contributed by atoms with E-state index in [1.165, 1.54) is 4.90 Å². The molecule has 0 fully saturated rings. The molecule has 16 heavy (non-hydrogen) atoms. The Morgan fingerprint density at radius 1 is 1.44 bits per heavy atom. The van der Waals surface area contributed by atoms with E-state index in [-0.39, 0.29) is 0 Å². The zero-order valence-corrected chi connectivity index (χ0v) is 9.93. The van der Waals surface area contributed by atoms with Crippen molar-refractivity contribution in [1.29, 1.82) is 0 Å². The summed E-state index contributed by atoms with van der Waals surface area (Å²) in [4.78, 5) is 23.5. The quantitative estimate of drug-likeness (QED) is 0.606. The van der Waals surface area contributed by atoms with Gasteiger partial charge in [0.25, 0.3) is 0 Å². The van der Waals surface area contributed by atoms with Crippen LogP contribution in [0.2, 0.25) is 0 Å². The van der Waals surface area contributed by atoms with E-state index in [4.69, 9.17) is 10.2 Å². The Balaban J connectivity index is 4.18. The van der Waals surface area contributed by atoms with Crippen LogP contribution in [-0.4, -0.2) is 53.4 Å². The predicted octanol–water partition coefficient (Wildman–Crippen LogP) is 0.119. The zero-order chi connectivity index (χ0) is 12.7. The highest BCUT2D eigenvalue weighted by atomic mass is 16.4. The number of carboxylic acids is 1. The fourth-order valence-electron chi connectivity index (χ4n) is 1.12.